The summed E-state index contributed by atoms with van der Waals surface area (Å²) in [7, 11) is 0. The molecule has 0 spiro atoms. The zero-order chi connectivity index (χ0) is 35.9. The van der Waals surface area contributed by atoms with Crippen LogP contribution in [0.4, 0.5) is 0 Å². The molecule has 12 nitrogen and oxygen atoms in total. The van der Waals surface area contributed by atoms with E-state index in [1.54, 1.807) is 56.3 Å². The molecular weight excluding hydrogens is 646 g/mol. The highest BCUT2D eigenvalue weighted by molar-refractivity contribution is 5.94. The Balaban J connectivity index is 1.30. The van der Waals surface area contributed by atoms with Crippen molar-refractivity contribution in [3.63, 3.8) is 0 Å². The molecular formula is C38H39NO11. The second-order valence-corrected chi connectivity index (χ2v) is 10.9. The maximum absolute atomic E-state index is 12.9. The SMILES string of the molecule is C=CC(=O)OCCCCCCOc1ccc(C(=O)Oc2ccc(-c3ccc(C4O[C@@H](C(=O)OCC)[C@H](C(=O)OCC)O4)cc3)cc2)c(C#N)c1. The van der Waals surface area contributed by atoms with Gasteiger partial charge in [-0.3, -0.25) is 0 Å². The van der Waals surface area contributed by atoms with Crippen molar-refractivity contribution in [3.8, 4) is 28.7 Å². The minimum Gasteiger partial charge on any atom is -0.494 e. The number of rotatable bonds is 17. The summed E-state index contributed by atoms with van der Waals surface area (Å²) in [5.41, 5.74) is 2.50. The first kappa shape index (κ1) is 37.3. The van der Waals surface area contributed by atoms with Crippen LogP contribution in [0.25, 0.3) is 11.1 Å². The van der Waals surface area contributed by atoms with Gasteiger partial charge in [0, 0.05) is 11.6 Å². The van der Waals surface area contributed by atoms with Crippen LogP contribution in [0, 0.1) is 11.3 Å². The Bertz CT molecular complexity index is 1650. The largest absolute Gasteiger partial charge is 0.494 e. The van der Waals surface area contributed by atoms with E-state index in [9.17, 15) is 24.4 Å². The summed E-state index contributed by atoms with van der Waals surface area (Å²) in [5, 5.41) is 9.66. The molecule has 3 aromatic carbocycles. The summed E-state index contributed by atoms with van der Waals surface area (Å²) in [6, 6.07) is 20.7. The molecule has 4 rings (SSSR count). The second-order valence-electron chi connectivity index (χ2n) is 10.9. The van der Waals surface area contributed by atoms with Gasteiger partial charge in [0.25, 0.3) is 0 Å². The minimum absolute atomic E-state index is 0.111. The van der Waals surface area contributed by atoms with Crippen LogP contribution in [-0.2, 0) is 38.1 Å². The van der Waals surface area contributed by atoms with Crippen LogP contribution in [0.2, 0.25) is 0 Å². The molecule has 1 saturated heterocycles. The van der Waals surface area contributed by atoms with Crippen molar-refractivity contribution in [3.05, 3.63) is 96.1 Å². The molecule has 1 aliphatic rings. The smallest absolute Gasteiger partial charge is 0.344 e. The number of ether oxygens (including phenoxy) is 7. The van der Waals surface area contributed by atoms with Crippen LogP contribution >= 0.6 is 0 Å². The van der Waals surface area contributed by atoms with Gasteiger partial charge in [-0.25, -0.2) is 19.2 Å². The molecule has 0 aliphatic carbocycles. The number of esters is 4. The quantitative estimate of drug-likeness (QED) is 0.0536. The predicted octanol–water partition coefficient (Wildman–Crippen LogP) is 6.02. The van der Waals surface area contributed by atoms with Crippen LogP contribution in [0.5, 0.6) is 11.5 Å². The van der Waals surface area contributed by atoms with Gasteiger partial charge in [0.1, 0.15) is 17.6 Å². The number of hydrogen-bond acceptors (Lipinski definition) is 12. The van der Waals surface area contributed by atoms with Crippen molar-refractivity contribution in [1.82, 2.24) is 0 Å². The normalized spacial score (nSPS) is 15.4. The molecule has 1 aliphatic heterocycles. The number of unbranched alkanes of at least 4 members (excludes halogenated alkanes) is 3. The molecule has 3 aromatic rings. The molecule has 12 heteroatoms. The van der Waals surface area contributed by atoms with E-state index in [1.165, 1.54) is 12.1 Å². The van der Waals surface area contributed by atoms with E-state index < -0.39 is 42.4 Å². The first-order chi connectivity index (χ1) is 24.3. The molecule has 0 bridgehead atoms. The third-order valence-corrected chi connectivity index (χ3v) is 7.48. The van der Waals surface area contributed by atoms with Gasteiger partial charge < -0.3 is 33.2 Å². The number of carbonyl (C=O) groups excluding carboxylic acids is 4. The first-order valence-electron chi connectivity index (χ1n) is 16.3. The molecule has 0 unspecified atom stereocenters. The average Bonchev–Trinajstić information content (AvgIpc) is 3.59. The third-order valence-electron chi connectivity index (χ3n) is 7.48. The van der Waals surface area contributed by atoms with E-state index in [0.29, 0.717) is 30.3 Å². The fourth-order valence-corrected chi connectivity index (χ4v) is 4.98. The van der Waals surface area contributed by atoms with Gasteiger partial charge in [-0.05, 0) is 81.0 Å². The van der Waals surface area contributed by atoms with Gasteiger partial charge in [0.2, 0.25) is 0 Å². The van der Waals surface area contributed by atoms with E-state index in [1.807, 2.05) is 18.2 Å². The standard InChI is InChI=1S/C38H39NO11/c1-4-32(40)47-22-10-8-7-9-21-46-30-19-20-31(28(23-30)24-39)35(41)48-29-17-15-26(16-18-29)25-11-13-27(14-12-25)38-49-33(36(42)44-5-2)34(50-38)37(43)45-6-3/h4,11-20,23,33-34,38H,1,5-10,21-22H2,2-3H3/t33-,34-/m1/s1. The third kappa shape index (κ3) is 10.2. The molecule has 262 valence electrons. The Morgan fingerprint density at radius 1 is 0.760 bits per heavy atom. The van der Waals surface area contributed by atoms with Crippen LogP contribution in [0.1, 0.15) is 67.3 Å². The van der Waals surface area contributed by atoms with Crippen molar-refractivity contribution in [1.29, 1.82) is 5.26 Å². The number of carbonyl (C=O) groups is 4. The van der Waals surface area contributed by atoms with E-state index in [2.05, 4.69) is 6.58 Å². The zero-order valence-electron chi connectivity index (χ0n) is 28.0. The zero-order valence-corrected chi connectivity index (χ0v) is 28.0. The van der Waals surface area contributed by atoms with Crippen LogP contribution in [0.15, 0.2) is 79.4 Å². The summed E-state index contributed by atoms with van der Waals surface area (Å²) >= 11 is 0. The van der Waals surface area contributed by atoms with Crippen molar-refractivity contribution in [2.45, 2.75) is 58.0 Å². The highest BCUT2D eigenvalue weighted by Crippen LogP contribution is 2.34. The van der Waals surface area contributed by atoms with Gasteiger partial charge in [-0.1, -0.05) is 43.0 Å². The number of nitriles is 1. The number of benzene rings is 3. The maximum atomic E-state index is 12.9. The Labute approximate surface area is 290 Å². The number of hydrogen-bond donors (Lipinski definition) is 0. The van der Waals surface area contributed by atoms with E-state index in [4.69, 9.17) is 33.2 Å². The summed E-state index contributed by atoms with van der Waals surface area (Å²) < 4.78 is 37.8. The van der Waals surface area contributed by atoms with Crippen LogP contribution < -0.4 is 9.47 Å². The summed E-state index contributed by atoms with van der Waals surface area (Å²) in [6.07, 6.45) is 0.941. The van der Waals surface area contributed by atoms with Crippen LogP contribution in [0.3, 0.4) is 0 Å². The predicted molar refractivity (Wildman–Crippen MR) is 179 cm³/mol. The fraction of sp³-hybridized carbons (Fsp3) is 0.342. The lowest BCUT2D eigenvalue weighted by molar-refractivity contribution is -0.163. The topological polar surface area (TPSA) is 157 Å². The Morgan fingerprint density at radius 2 is 1.32 bits per heavy atom. The summed E-state index contributed by atoms with van der Waals surface area (Å²) in [5.74, 6) is -1.76. The van der Waals surface area contributed by atoms with Gasteiger partial charge in [0.15, 0.2) is 18.5 Å². The second kappa shape index (κ2) is 18.9. The highest BCUT2D eigenvalue weighted by Gasteiger charge is 2.47. The summed E-state index contributed by atoms with van der Waals surface area (Å²) in [4.78, 5) is 48.8. The fourth-order valence-electron chi connectivity index (χ4n) is 4.98. The highest BCUT2D eigenvalue weighted by atomic mass is 16.8. The monoisotopic (exact) mass is 685 g/mol. The van der Waals surface area contributed by atoms with Gasteiger partial charge in [-0.2, -0.15) is 5.26 Å². The van der Waals surface area contributed by atoms with Gasteiger partial charge in [-0.15, -0.1) is 0 Å². The lowest BCUT2D eigenvalue weighted by Gasteiger charge is -2.13. The molecule has 0 saturated carbocycles. The first-order valence-corrected chi connectivity index (χ1v) is 16.3. The van der Waals surface area contributed by atoms with E-state index in [-0.39, 0.29) is 24.3 Å². The summed E-state index contributed by atoms with van der Waals surface area (Å²) in [6.45, 7) is 7.70. The van der Waals surface area contributed by atoms with Gasteiger partial charge >= 0.3 is 23.9 Å². The average molecular weight is 686 g/mol. The molecule has 2 atom stereocenters. The molecule has 0 amide bonds. The van der Waals surface area contributed by atoms with Crippen molar-refractivity contribution >= 4 is 23.9 Å². The molecule has 0 radical (unpaired) electrons. The minimum atomic E-state index is -1.25. The van der Waals surface area contributed by atoms with E-state index in [0.717, 1.165) is 42.9 Å². The lowest BCUT2D eigenvalue weighted by atomic mass is 10.0. The Kier molecular flexibility index (Phi) is 14.1. The Hall–Kier alpha value is -5.51. The molecule has 50 heavy (non-hydrogen) atoms. The maximum Gasteiger partial charge on any atom is 0.344 e. The van der Waals surface area contributed by atoms with Crippen LogP contribution in [-0.4, -0.2) is 62.5 Å². The van der Waals surface area contributed by atoms with E-state index >= 15 is 0 Å². The van der Waals surface area contributed by atoms with Gasteiger partial charge in [0.05, 0.1) is 37.6 Å². The van der Waals surface area contributed by atoms with Crippen molar-refractivity contribution in [2.75, 3.05) is 26.4 Å². The number of nitrogens with zero attached hydrogens (tertiary/aromatic N) is 1. The molecule has 1 fully saturated rings. The molecule has 0 N–H and O–H groups in total. The Morgan fingerprint density at radius 3 is 1.88 bits per heavy atom. The lowest BCUT2D eigenvalue weighted by Crippen LogP contribution is -2.39. The van der Waals surface area contributed by atoms with Crippen molar-refractivity contribution in [2.24, 2.45) is 0 Å². The molecule has 1 heterocycles. The molecule has 0 aromatic heterocycles. The van der Waals surface area contributed by atoms with Crippen molar-refractivity contribution < 1.29 is 52.3 Å².